The van der Waals surface area contributed by atoms with E-state index in [1.807, 2.05) is 37.3 Å². The summed E-state index contributed by atoms with van der Waals surface area (Å²) in [5.41, 5.74) is 2.52. The van der Waals surface area contributed by atoms with E-state index in [0.29, 0.717) is 5.65 Å². The zero-order chi connectivity index (χ0) is 12.4. The average Bonchev–Trinajstić information content (AvgIpc) is 2.88. The van der Waals surface area contributed by atoms with E-state index >= 15 is 0 Å². The number of anilines is 2. The Morgan fingerprint density at radius 1 is 1.17 bits per heavy atom. The SMILES string of the molecule is CCc1nc(Nc2ccccc2)c2[nH]cnc2n1. The molecule has 0 aliphatic rings. The highest BCUT2D eigenvalue weighted by molar-refractivity contribution is 5.84. The number of aromatic amines is 1. The number of benzene rings is 1. The molecule has 2 N–H and O–H groups in total. The summed E-state index contributed by atoms with van der Waals surface area (Å²) in [5.74, 6) is 1.55. The fourth-order valence-electron chi connectivity index (χ4n) is 1.79. The topological polar surface area (TPSA) is 66.5 Å². The number of nitrogens with one attached hydrogen (secondary N) is 2. The molecule has 0 amide bonds. The van der Waals surface area contributed by atoms with E-state index in [0.717, 1.165) is 29.3 Å². The lowest BCUT2D eigenvalue weighted by atomic mass is 10.3. The van der Waals surface area contributed by atoms with E-state index in [2.05, 4.69) is 25.3 Å². The summed E-state index contributed by atoms with van der Waals surface area (Å²) in [5, 5.41) is 3.29. The van der Waals surface area contributed by atoms with Crippen LogP contribution in [0.15, 0.2) is 36.7 Å². The Balaban J connectivity index is 2.07. The number of aryl methyl sites for hydroxylation is 1. The molecule has 0 spiro atoms. The van der Waals surface area contributed by atoms with Crippen LogP contribution in [0.4, 0.5) is 11.5 Å². The van der Waals surface area contributed by atoms with Gasteiger partial charge in [-0.3, -0.25) is 0 Å². The number of aromatic nitrogens is 4. The van der Waals surface area contributed by atoms with Crippen molar-refractivity contribution in [2.45, 2.75) is 13.3 Å². The molecule has 0 aliphatic heterocycles. The molecule has 90 valence electrons. The van der Waals surface area contributed by atoms with Gasteiger partial charge < -0.3 is 10.3 Å². The molecule has 0 unspecified atom stereocenters. The van der Waals surface area contributed by atoms with Crippen molar-refractivity contribution in [3.05, 3.63) is 42.5 Å². The molecule has 0 saturated heterocycles. The lowest BCUT2D eigenvalue weighted by Crippen LogP contribution is -2.00. The molecule has 5 nitrogen and oxygen atoms in total. The van der Waals surface area contributed by atoms with Crippen molar-refractivity contribution in [1.29, 1.82) is 0 Å². The molecular formula is C13H13N5. The van der Waals surface area contributed by atoms with Crippen molar-refractivity contribution in [1.82, 2.24) is 19.9 Å². The van der Waals surface area contributed by atoms with E-state index in [1.54, 1.807) is 6.33 Å². The first-order valence-electron chi connectivity index (χ1n) is 5.89. The van der Waals surface area contributed by atoms with E-state index in [9.17, 15) is 0 Å². The molecule has 2 heterocycles. The molecule has 2 aromatic heterocycles. The molecule has 5 heteroatoms. The second-order valence-electron chi connectivity index (χ2n) is 3.93. The molecule has 3 aromatic rings. The Morgan fingerprint density at radius 2 is 2.00 bits per heavy atom. The molecule has 0 saturated carbocycles. The number of para-hydroxylation sites is 1. The predicted molar refractivity (Wildman–Crippen MR) is 70.8 cm³/mol. The molecule has 0 atom stereocenters. The average molecular weight is 239 g/mol. The Hall–Kier alpha value is -2.43. The number of rotatable bonds is 3. The van der Waals surface area contributed by atoms with E-state index < -0.39 is 0 Å². The van der Waals surface area contributed by atoms with Crippen LogP contribution < -0.4 is 5.32 Å². The van der Waals surface area contributed by atoms with Gasteiger partial charge in [0.15, 0.2) is 11.5 Å². The predicted octanol–water partition coefficient (Wildman–Crippen LogP) is 2.66. The summed E-state index contributed by atoms with van der Waals surface area (Å²) >= 11 is 0. The van der Waals surface area contributed by atoms with Gasteiger partial charge in [-0.05, 0) is 12.1 Å². The summed E-state index contributed by atoms with van der Waals surface area (Å²) in [6.45, 7) is 2.03. The van der Waals surface area contributed by atoms with Crippen molar-refractivity contribution >= 4 is 22.7 Å². The lowest BCUT2D eigenvalue weighted by Gasteiger charge is -2.07. The normalized spacial score (nSPS) is 10.7. The van der Waals surface area contributed by atoms with E-state index in [1.165, 1.54) is 0 Å². The van der Waals surface area contributed by atoms with Crippen LogP contribution in [0.25, 0.3) is 11.2 Å². The van der Waals surface area contributed by atoms with Crippen LogP contribution in [-0.4, -0.2) is 19.9 Å². The van der Waals surface area contributed by atoms with Gasteiger partial charge in [0, 0.05) is 12.1 Å². The first-order chi connectivity index (χ1) is 8.86. The molecule has 0 radical (unpaired) electrons. The van der Waals surface area contributed by atoms with Gasteiger partial charge in [0.05, 0.1) is 6.33 Å². The van der Waals surface area contributed by atoms with Gasteiger partial charge in [-0.2, -0.15) is 0 Å². The maximum Gasteiger partial charge on any atom is 0.183 e. The van der Waals surface area contributed by atoms with Crippen LogP contribution in [-0.2, 0) is 6.42 Å². The zero-order valence-corrected chi connectivity index (χ0v) is 10.0. The van der Waals surface area contributed by atoms with Crippen LogP contribution in [0.3, 0.4) is 0 Å². The fourth-order valence-corrected chi connectivity index (χ4v) is 1.79. The smallest absolute Gasteiger partial charge is 0.183 e. The largest absolute Gasteiger partial charge is 0.340 e. The van der Waals surface area contributed by atoms with Crippen LogP contribution in [0.1, 0.15) is 12.7 Å². The molecule has 1 aromatic carbocycles. The second-order valence-corrected chi connectivity index (χ2v) is 3.93. The lowest BCUT2D eigenvalue weighted by molar-refractivity contribution is 0.958. The number of H-pyrrole nitrogens is 1. The summed E-state index contributed by atoms with van der Waals surface area (Å²) in [7, 11) is 0. The standard InChI is InChI=1S/C13H13N5/c1-2-10-17-12-11(14-8-15-12)13(18-10)16-9-6-4-3-5-7-9/h3-8H,2H2,1H3,(H2,14,15,16,17,18). The fraction of sp³-hybridized carbons (Fsp3) is 0.154. The van der Waals surface area contributed by atoms with Gasteiger partial charge in [0.25, 0.3) is 0 Å². The minimum Gasteiger partial charge on any atom is -0.340 e. The Morgan fingerprint density at radius 3 is 2.78 bits per heavy atom. The molecule has 18 heavy (non-hydrogen) atoms. The maximum atomic E-state index is 4.49. The quantitative estimate of drug-likeness (QED) is 0.737. The molecule has 0 fully saturated rings. The van der Waals surface area contributed by atoms with Crippen molar-refractivity contribution in [3.8, 4) is 0 Å². The first-order valence-corrected chi connectivity index (χ1v) is 5.89. The Kier molecular flexibility index (Phi) is 2.64. The van der Waals surface area contributed by atoms with Crippen molar-refractivity contribution < 1.29 is 0 Å². The van der Waals surface area contributed by atoms with Gasteiger partial charge >= 0.3 is 0 Å². The van der Waals surface area contributed by atoms with Crippen LogP contribution in [0.5, 0.6) is 0 Å². The third-order valence-electron chi connectivity index (χ3n) is 2.68. The summed E-state index contributed by atoms with van der Waals surface area (Å²) in [6.07, 6.45) is 2.42. The van der Waals surface area contributed by atoms with Gasteiger partial charge in [-0.25, -0.2) is 15.0 Å². The molecular weight excluding hydrogens is 226 g/mol. The number of fused-ring (bicyclic) bond motifs is 1. The minimum atomic E-state index is 0.695. The minimum absolute atomic E-state index is 0.695. The van der Waals surface area contributed by atoms with Gasteiger partial charge in [-0.15, -0.1) is 0 Å². The molecule has 0 aliphatic carbocycles. The van der Waals surface area contributed by atoms with E-state index in [-0.39, 0.29) is 0 Å². The maximum absolute atomic E-state index is 4.49. The summed E-state index contributed by atoms with van der Waals surface area (Å²) < 4.78 is 0. The second kappa shape index (κ2) is 4.44. The Bertz CT molecular complexity index is 659. The van der Waals surface area contributed by atoms with Crippen LogP contribution >= 0.6 is 0 Å². The van der Waals surface area contributed by atoms with Gasteiger partial charge in [-0.1, -0.05) is 25.1 Å². The number of imidazole rings is 1. The van der Waals surface area contributed by atoms with Crippen molar-refractivity contribution in [2.75, 3.05) is 5.32 Å². The van der Waals surface area contributed by atoms with Gasteiger partial charge in [0.1, 0.15) is 11.3 Å². The monoisotopic (exact) mass is 239 g/mol. The molecule has 3 rings (SSSR count). The van der Waals surface area contributed by atoms with Crippen LogP contribution in [0.2, 0.25) is 0 Å². The van der Waals surface area contributed by atoms with Crippen LogP contribution in [0, 0.1) is 0 Å². The highest BCUT2D eigenvalue weighted by Gasteiger charge is 2.08. The first kappa shape index (κ1) is 10.7. The number of hydrogen-bond donors (Lipinski definition) is 2. The van der Waals surface area contributed by atoms with E-state index in [4.69, 9.17) is 0 Å². The third kappa shape index (κ3) is 1.90. The summed E-state index contributed by atoms with van der Waals surface area (Å²) in [6, 6.07) is 9.93. The zero-order valence-electron chi connectivity index (χ0n) is 10.0. The summed E-state index contributed by atoms with van der Waals surface area (Å²) in [4.78, 5) is 16.1. The van der Waals surface area contributed by atoms with Crippen molar-refractivity contribution in [3.63, 3.8) is 0 Å². The Labute approximate surface area is 104 Å². The highest BCUT2D eigenvalue weighted by atomic mass is 15.1. The third-order valence-corrected chi connectivity index (χ3v) is 2.68. The molecule has 0 bridgehead atoms. The number of nitrogens with zero attached hydrogens (tertiary/aromatic N) is 3. The highest BCUT2D eigenvalue weighted by Crippen LogP contribution is 2.21. The number of hydrogen-bond acceptors (Lipinski definition) is 4. The van der Waals surface area contributed by atoms with Crippen molar-refractivity contribution in [2.24, 2.45) is 0 Å². The van der Waals surface area contributed by atoms with Gasteiger partial charge in [0.2, 0.25) is 0 Å².